The highest BCUT2D eigenvalue weighted by atomic mass is 32.1. The van der Waals surface area contributed by atoms with Gasteiger partial charge in [-0.05, 0) is 0 Å². The van der Waals surface area contributed by atoms with Gasteiger partial charge in [0.15, 0.2) is 0 Å². The van der Waals surface area contributed by atoms with Crippen molar-refractivity contribution < 1.29 is 0 Å². The lowest BCUT2D eigenvalue weighted by atomic mass is 10.2. The summed E-state index contributed by atoms with van der Waals surface area (Å²) in [6.45, 7) is 3.68. The molecule has 1 N–H and O–H groups in total. The largest absolute Gasteiger partial charge is 0.306 e. The minimum Gasteiger partial charge on any atom is -0.306 e. The van der Waals surface area contributed by atoms with Gasteiger partial charge in [-0.15, -0.1) is 17.8 Å². The zero-order chi connectivity index (χ0) is 8.81. The maximum absolute atomic E-state index is 5.11. The molecule has 0 saturated carbocycles. The van der Waals surface area contributed by atoms with Gasteiger partial charge in [0.25, 0.3) is 0 Å². The Morgan fingerprint density at radius 1 is 1.83 bits per heavy atom. The number of hydrogen-bond acceptors (Lipinski definition) is 3. The van der Waals surface area contributed by atoms with E-state index in [9.17, 15) is 0 Å². The van der Waals surface area contributed by atoms with Crippen LogP contribution in [0.25, 0.3) is 0 Å². The van der Waals surface area contributed by atoms with Gasteiger partial charge in [-0.2, -0.15) is 0 Å². The summed E-state index contributed by atoms with van der Waals surface area (Å²) in [7, 11) is 0. The Balaban J connectivity index is 2.30. The van der Waals surface area contributed by atoms with Gasteiger partial charge in [0.2, 0.25) is 0 Å². The van der Waals surface area contributed by atoms with Crippen molar-refractivity contribution in [1.29, 1.82) is 0 Å². The summed E-state index contributed by atoms with van der Waals surface area (Å²) in [5.41, 5.74) is 0. The van der Waals surface area contributed by atoms with Crippen LogP contribution in [0.15, 0.2) is 11.6 Å². The molecule has 2 nitrogen and oxygen atoms in total. The Hall–Kier alpha value is -0.850. The summed E-state index contributed by atoms with van der Waals surface area (Å²) >= 11 is 1.69. The highest BCUT2D eigenvalue weighted by Crippen LogP contribution is 2.15. The van der Waals surface area contributed by atoms with E-state index in [4.69, 9.17) is 6.42 Å². The summed E-state index contributed by atoms with van der Waals surface area (Å²) in [4.78, 5) is 4.22. The molecule has 0 aliphatic rings. The van der Waals surface area contributed by atoms with Gasteiger partial charge >= 0.3 is 0 Å². The van der Waals surface area contributed by atoms with Crippen LogP contribution in [0, 0.1) is 12.3 Å². The van der Waals surface area contributed by atoms with E-state index in [1.54, 1.807) is 11.3 Å². The van der Waals surface area contributed by atoms with Gasteiger partial charge in [-0.1, -0.05) is 12.8 Å². The molecule has 0 aliphatic heterocycles. The molecule has 1 rings (SSSR count). The molecule has 1 aromatic rings. The van der Waals surface area contributed by atoms with Crippen LogP contribution in [0.1, 0.15) is 17.8 Å². The second kappa shape index (κ2) is 4.91. The standard InChI is InChI=1S/C9H12N2S/c1-3-4-10-7-8(2)9-11-5-6-12-9/h1,5-6,8,10H,4,7H2,2H3. The van der Waals surface area contributed by atoms with Crippen LogP contribution in [-0.4, -0.2) is 18.1 Å². The molecule has 0 aromatic carbocycles. The molecule has 1 heterocycles. The van der Waals surface area contributed by atoms with Gasteiger partial charge in [0.05, 0.1) is 11.6 Å². The maximum atomic E-state index is 5.11. The molecule has 3 heteroatoms. The number of thiazole rings is 1. The third-order valence-electron chi connectivity index (χ3n) is 1.55. The third-order valence-corrected chi connectivity index (χ3v) is 2.56. The molecular weight excluding hydrogens is 168 g/mol. The van der Waals surface area contributed by atoms with Crippen molar-refractivity contribution in [2.45, 2.75) is 12.8 Å². The monoisotopic (exact) mass is 180 g/mol. The molecule has 0 radical (unpaired) electrons. The van der Waals surface area contributed by atoms with Crippen molar-refractivity contribution in [2.75, 3.05) is 13.1 Å². The first-order chi connectivity index (χ1) is 5.84. The number of hydrogen-bond donors (Lipinski definition) is 1. The lowest BCUT2D eigenvalue weighted by Crippen LogP contribution is -2.20. The van der Waals surface area contributed by atoms with Crippen LogP contribution in [0.2, 0.25) is 0 Å². The quantitative estimate of drug-likeness (QED) is 0.560. The molecular formula is C9H12N2S. The summed E-state index contributed by atoms with van der Waals surface area (Å²) < 4.78 is 0. The Kier molecular flexibility index (Phi) is 3.78. The summed E-state index contributed by atoms with van der Waals surface area (Å²) in [5, 5.41) is 6.31. The fraction of sp³-hybridized carbons (Fsp3) is 0.444. The number of terminal acetylenes is 1. The third kappa shape index (κ3) is 2.65. The van der Waals surface area contributed by atoms with E-state index in [1.807, 2.05) is 11.6 Å². The zero-order valence-electron chi connectivity index (χ0n) is 7.08. The van der Waals surface area contributed by atoms with E-state index in [1.165, 1.54) is 5.01 Å². The first-order valence-corrected chi connectivity index (χ1v) is 4.76. The Bertz CT molecular complexity index is 248. The number of aromatic nitrogens is 1. The number of nitrogens with one attached hydrogen (secondary N) is 1. The van der Waals surface area contributed by atoms with E-state index in [0.717, 1.165) is 6.54 Å². The molecule has 64 valence electrons. The van der Waals surface area contributed by atoms with Crippen LogP contribution in [0.4, 0.5) is 0 Å². The van der Waals surface area contributed by atoms with Crippen LogP contribution in [0.5, 0.6) is 0 Å². The van der Waals surface area contributed by atoms with E-state index < -0.39 is 0 Å². The molecule has 0 fully saturated rings. The average Bonchev–Trinajstić information content (AvgIpc) is 2.56. The van der Waals surface area contributed by atoms with Crippen molar-refractivity contribution in [3.8, 4) is 12.3 Å². The average molecular weight is 180 g/mol. The van der Waals surface area contributed by atoms with E-state index >= 15 is 0 Å². The predicted octanol–water partition coefficient (Wildman–Crippen LogP) is 1.47. The Morgan fingerprint density at radius 3 is 3.25 bits per heavy atom. The molecule has 0 bridgehead atoms. The van der Waals surface area contributed by atoms with Crippen molar-refractivity contribution in [3.05, 3.63) is 16.6 Å². The number of nitrogens with zero attached hydrogens (tertiary/aromatic N) is 1. The molecule has 1 unspecified atom stereocenters. The second-order valence-corrected chi connectivity index (χ2v) is 3.53. The maximum Gasteiger partial charge on any atom is 0.0965 e. The summed E-state index contributed by atoms with van der Waals surface area (Å²) in [6.07, 6.45) is 6.94. The minimum absolute atomic E-state index is 0.457. The van der Waals surface area contributed by atoms with E-state index in [2.05, 4.69) is 23.1 Å². The lowest BCUT2D eigenvalue weighted by molar-refractivity contribution is 0.652. The fourth-order valence-electron chi connectivity index (χ4n) is 0.926. The van der Waals surface area contributed by atoms with Crippen molar-refractivity contribution >= 4 is 11.3 Å². The van der Waals surface area contributed by atoms with Gasteiger partial charge in [0, 0.05) is 24.0 Å². The molecule has 0 amide bonds. The molecule has 0 aliphatic carbocycles. The number of rotatable bonds is 4. The normalized spacial score (nSPS) is 12.3. The molecule has 12 heavy (non-hydrogen) atoms. The van der Waals surface area contributed by atoms with Gasteiger partial charge in [0.1, 0.15) is 0 Å². The van der Waals surface area contributed by atoms with Crippen molar-refractivity contribution in [3.63, 3.8) is 0 Å². The van der Waals surface area contributed by atoms with Gasteiger partial charge < -0.3 is 5.32 Å². The van der Waals surface area contributed by atoms with Crippen molar-refractivity contribution in [1.82, 2.24) is 10.3 Å². The summed E-state index contributed by atoms with van der Waals surface area (Å²) in [5.74, 6) is 3.00. The lowest BCUT2D eigenvalue weighted by Gasteiger charge is -2.06. The first-order valence-electron chi connectivity index (χ1n) is 3.88. The minimum atomic E-state index is 0.457. The molecule has 0 saturated heterocycles. The first kappa shape index (κ1) is 9.24. The van der Waals surface area contributed by atoms with E-state index in [-0.39, 0.29) is 0 Å². The Morgan fingerprint density at radius 2 is 2.67 bits per heavy atom. The predicted molar refractivity (Wildman–Crippen MR) is 52.2 cm³/mol. The topological polar surface area (TPSA) is 24.9 Å². The second-order valence-electron chi connectivity index (χ2n) is 2.61. The molecule has 1 atom stereocenters. The summed E-state index contributed by atoms with van der Waals surface area (Å²) in [6, 6.07) is 0. The van der Waals surface area contributed by atoms with Gasteiger partial charge in [-0.3, -0.25) is 0 Å². The SMILES string of the molecule is C#CCNCC(C)c1nccs1. The Labute approximate surface area is 77.0 Å². The van der Waals surface area contributed by atoms with Crippen LogP contribution in [0.3, 0.4) is 0 Å². The van der Waals surface area contributed by atoms with Crippen molar-refractivity contribution in [2.24, 2.45) is 0 Å². The smallest absolute Gasteiger partial charge is 0.0965 e. The van der Waals surface area contributed by atoms with Crippen LogP contribution in [-0.2, 0) is 0 Å². The van der Waals surface area contributed by atoms with Crippen LogP contribution >= 0.6 is 11.3 Å². The van der Waals surface area contributed by atoms with E-state index in [0.29, 0.717) is 12.5 Å². The molecule has 1 aromatic heterocycles. The molecule has 0 spiro atoms. The highest BCUT2D eigenvalue weighted by Gasteiger charge is 2.05. The van der Waals surface area contributed by atoms with Crippen LogP contribution < -0.4 is 5.32 Å². The fourth-order valence-corrected chi connectivity index (χ4v) is 1.62. The van der Waals surface area contributed by atoms with Gasteiger partial charge in [-0.25, -0.2) is 4.98 Å². The zero-order valence-corrected chi connectivity index (χ0v) is 7.90. The highest BCUT2D eigenvalue weighted by molar-refractivity contribution is 7.09.